The molecule has 1 aromatic heterocycles. The van der Waals surface area contributed by atoms with Gasteiger partial charge in [0.2, 0.25) is 10.0 Å². The van der Waals surface area contributed by atoms with Crippen LogP contribution in [0.4, 0.5) is 0 Å². The molecule has 0 atom stereocenters. The van der Waals surface area contributed by atoms with Gasteiger partial charge in [0.05, 0.1) is 4.90 Å². The van der Waals surface area contributed by atoms with E-state index in [9.17, 15) is 13.2 Å². The minimum absolute atomic E-state index is 0.149. The van der Waals surface area contributed by atoms with Crippen LogP contribution in [-0.2, 0) is 14.8 Å². The molecule has 2 aromatic rings. The molecule has 0 spiro atoms. The van der Waals surface area contributed by atoms with Crippen molar-refractivity contribution in [1.29, 1.82) is 0 Å². The van der Waals surface area contributed by atoms with Gasteiger partial charge in [-0.2, -0.15) is 4.31 Å². The highest BCUT2D eigenvalue weighted by Gasteiger charge is 2.29. The zero-order valence-electron chi connectivity index (χ0n) is 17.7. The van der Waals surface area contributed by atoms with E-state index in [1.54, 1.807) is 22.5 Å². The lowest BCUT2D eigenvalue weighted by Gasteiger charge is -2.29. The normalized spacial score (nSPS) is 19.9. The van der Waals surface area contributed by atoms with Crippen LogP contribution in [0.5, 0.6) is 0 Å². The minimum Gasteiger partial charge on any atom is -0.381 e. The molecule has 2 fully saturated rings. The van der Waals surface area contributed by atoms with Crippen molar-refractivity contribution < 1.29 is 17.9 Å². The van der Waals surface area contributed by atoms with Crippen LogP contribution in [0.1, 0.15) is 48.7 Å². The summed E-state index contributed by atoms with van der Waals surface area (Å²) < 4.78 is 33.1. The van der Waals surface area contributed by atoms with Crippen molar-refractivity contribution in [1.82, 2.24) is 14.6 Å². The molecule has 2 aliphatic rings. The van der Waals surface area contributed by atoms with Gasteiger partial charge in [0.15, 0.2) is 0 Å². The summed E-state index contributed by atoms with van der Waals surface area (Å²) in [7, 11) is -3.52. The first-order valence-corrected chi connectivity index (χ1v) is 12.3. The van der Waals surface area contributed by atoms with Gasteiger partial charge < -0.3 is 15.0 Å². The molecule has 7 nitrogen and oxygen atoms in total. The SMILES string of the molecule is Cc1c(C(=O)NCC2CCOCC2)[nH]c2ccc(S(=O)(=O)N3CCC(C)CC3)cc12. The highest BCUT2D eigenvalue weighted by atomic mass is 32.2. The average Bonchev–Trinajstić information content (AvgIpc) is 3.09. The summed E-state index contributed by atoms with van der Waals surface area (Å²) >= 11 is 0. The zero-order chi connectivity index (χ0) is 21.3. The molecular weight excluding hydrogens is 402 g/mol. The number of fused-ring (bicyclic) bond motifs is 1. The summed E-state index contributed by atoms with van der Waals surface area (Å²) in [5.41, 5.74) is 2.05. The molecule has 1 amide bonds. The number of carbonyl (C=O) groups excluding carboxylic acids is 1. The van der Waals surface area contributed by atoms with E-state index in [1.807, 2.05) is 6.92 Å². The van der Waals surface area contributed by atoms with Gasteiger partial charge in [0, 0.05) is 43.8 Å². The van der Waals surface area contributed by atoms with Crippen LogP contribution in [0.25, 0.3) is 10.9 Å². The van der Waals surface area contributed by atoms with Crippen molar-refractivity contribution in [3.63, 3.8) is 0 Å². The van der Waals surface area contributed by atoms with Crippen LogP contribution in [-0.4, -0.2) is 56.5 Å². The second kappa shape index (κ2) is 8.69. The Labute approximate surface area is 178 Å². The molecule has 30 heavy (non-hydrogen) atoms. The molecule has 2 aliphatic heterocycles. The first-order chi connectivity index (χ1) is 14.4. The second-order valence-electron chi connectivity index (χ2n) is 8.68. The standard InChI is InChI=1S/C22H31N3O4S/c1-15-5-9-25(10-6-15)30(27,28)18-3-4-20-19(13-18)16(2)21(24-20)22(26)23-14-17-7-11-29-12-8-17/h3-4,13,15,17,24H,5-12,14H2,1-2H3,(H,23,26). The Morgan fingerprint density at radius 1 is 1.20 bits per heavy atom. The number of ether oxygens (including phenoxy) is 1. The van der Waals surface area contributed by atoms with Gasteiger partial charge in [0.1, 0.15) is 5.69 Å². The third-order valence-corrected chi connectivity index (χ3v) is 8.42. The highest BCUT2D eigenvalue weighted by molar-refractivity contribution is 7.89. The predicted molar refractivity (Wildman–Crippen MR) is 116 cm³/mol. The Balaban J connectivity index is 1.53. The van der Waals surface area contributed by atoms with Gasteiger partial charge in [-0.05, 0) is 68.2 Å². The third kappa shape index (κ3) is 4.26. The lowest BCUT2D eigenvalue weighted by atomic mass is 10.0. The van der Waals surface area contributed by atoms with Crippen LogP contribution < -0.4 is 5.32 Å². The van der Waals surface area contributed by atoms with Crippen LogP contribution in [0.3, 0.4) is 0 Å². The smallest absolute Gasteiger partial charge is 0.268 e. The quantitative estimate of drug-likeness (QED) is 0.758. The first kappa shape index (κ1) is 21.3. The summed E-state index contributed by atoms with van der Waals surface area (Å²) in [5, 5.41) is 3.79. The maximum Gasteiger partial charge on any atom is 0.268 e. The van der Waals surface area contributed by atoms with E-state index in [0.717, 1.165) is 55.4 Å². The molecule has 2 N–H and O–H groups in total. The summed E-state index contributed by atoms with van der Waals surface area (Å²) in [5.74, 6) is 0.856. The topological polar surface area (TPSA) is 91.5 Å². The van der Waals surface area contributed by atoms with Crippen molar-refractivity contribution in [2.24, 2.45) is 11.8 Å². The molecule has 2 saturated heterocycles. The number of H-pyrrole nitrogens is 1. The maximum atomic E-state index is 13.1. The summed E-state index contributed by atoms with van der Waals surface area (Å²) in [6.45, 7) is 7.28. The number of aromatic amines is 1. The van der Waals surface area contributed by atoms with Crippen LogP contribution in [0.15, 0.2) is 23.1 Å². The van der Waals surface area contributed by atoms with E-state index in [2.05, 4.69) is 17.2 Å². The first-order valence-electron chi connectivity index (χ1n) is 10.8. The lowest BCUT2D eigenvalue weighted by molar-refractivity contribution is 0.0642. The van der Waals surface area contributed by atoms with Crippen LogP contribution in [0.2, 0.25) is 0 Å². The number of piperidine rings is 1. The zero-order valence-corrected chi connectivity index (χ0v) is 18.6. The van der Waals surface area contributed by atoms with E-state index in [1.165, 1.54) is 0 Å². The fourth-order valence-corrected chi connectivity index (χ4v) is 5.84. The van der Waals surface area contributed by atoms with Gasteiger partial charge in [-0.25, -0.2) is 8.42 Å². The number of nitrogens with zero attached hydrogens (tertiary/aromatic N) is 1. The fraction of sp³-hybridized carbons (Fsp3) is 0.591. The number of aromatic nitrogens is 1. The monoisotopic (exact) mass is 433 g/mol. The molecule has 4 rings (SSSR count). The maximum absolute atomic E-state index is 13.1. The summed E-state index contributed by atoms with van der Waals surface area (Å²) in [6.07, 6.45) is 3.70. The van der Waals surface area contributed by atoms with E-state index in [0.29, 0.717) is 42.1 Å². The van der Waals surface area contributed by atoms with Gasteiger partial charge in [0.25, 0.3) is 5.91 Å². The largest absolute Gasteiger partial charge is 0.381 e. The predicted octanol–water partition coefficient (Wildman–Crippen LogP) is 3.05. The average molecular weight is 434 g/mol. The van der Waals surface area contributed by atoms with Crippen molar-refractivity contribution >= 4 is 26.8 Å². The molecule has 0 bridgehead atoms. The highest BCUT2D eigenvalue weighted by Crippen LogP contribution is 2.28. The number of sulfonamides is 1. The summed E-state index contributed by atoms with van der Waals surface area (Å²) in [6, 6.07) is 5.09. The van der Waals surface area contributed by atoms with Gasteiger partial charge in [-0.1, -0.05) is 6.92 Å². The fourth-order valence-electron chi connectivity index (χ4n) is 4.34. The Bertz CT molecular complexity index is 1020. The van der Waals surface area contributed by atoms with Crippen LogP contribution >= 0.6 is 0 Å². The van der Waals surface area contributed by atoms with Crippen molar-refractivity contribution in [2.45, 2.75) is 44.4 Å². The van der Waals surface area contributed by atoms with E-state index < -0.39 is 10.0 Å². The molecule has 164 valence electrons. The summed E-state index contributed by atoms with van der Waals surface area (Å²) in [4.78, 5) is 16.2. The van der Waals surface area contributed by atoms with Crippen molar-refractivity contribution in [3.05, 3.63) is 29.5 Å². The number of carbonyl (C=O) groups is 1. The molecule has 3 heterocycles. The minimum atomic E-state index is -3.52. The Kier molecular flexibility index (Phi) is 6.18. The lowest BCUT2D eigenvalue weighted by Crippen LogP contribution is -2.37. The Morgan fingerprint density at radius 3 is 2.60 bits per heavy atom. The molecule has 0 radical (unpaired) electrons. The molecular formula is C22H31N3O4S. The van der Waals surface area contributed by atoms with E-state index in [4.69, 9.17) is 4.74 Å². The number of rotatable bonds is 5. The molecule has 1 aromatic carbocycles. The van der Waals surface area contributed by atoms with E-state index in [-0.39, 0.29) is 5.91 Å². The van der Waals surface area contributed by atoms with Crippen molar-refractivity contribution in [3.8, 4) is 0 Å². The van der Waals surface area contributed by atoms with Gasteiger partial charge in [-0.3, -0.25) is 4.79 Å². The third-order valence-electron chi connectivity index (χ3n) is 6.53. The second-order valence-corrected chi connectivity index (χ2v) is 10.6. The molecule has 0 unspecified atom stereocenters. The number of hydrogen-bond acceptors (Lipinski definition) is 4. The van der Waals surface area contributed by atoms with E-state index >= 15 is 0 Å². The number of hydrogen-bond donors (Lipinski definition) is 2. The number of nitrogens with one attached hydrogen (secondary N) is 2. The Morgan fingerprint density at radius 2 is 1.90 bits per heavy atom. The Hall–Kier alpha value is -1.90. The number of benzene rings is 1. The van der Waals surface area contributed by atoms with Crippen molar-refractivity contribution in [2.75, 3.05) is 32.8 Å². The van der Waals surface area contributed by atoms with Gasteiger partial charge in [-0.15, -0.1) is 0 Å². The van der Waals surface area contributed by atoms with Gasteiger partial charge >= 0.3 is 0 Å². The molecule has 0 saturated carbocycles. The number of amides is 1. The number of aryl methyl sites for hydroxylation is 1. The molecule has 0 aliphatic carbocycles. The molecule has 8 heteroatoms. The van der Waals surface area contributed by atoms with Crippen LogP contribution in [0, 0.1) is 18.8 Å².